The van der Waals surface area contributed by atoms with Gasteiger partial charge in [0.25, 0.3) is 0 Å². The van der Waals surface area contributed by atoms with Crippen LogP contribution < -0.4 is 5.32 Å². The van der Waals surface area contributed by atoms with E-state index in [9.17, 15) is 4.79 Å². The molecule has 1 N–H and O–H groups in total. The average Bonchev–Trinajstić information content (AvgIpc) is 2.32. The molecule has 0 aromatic carbocycles. The van der Waals surface area contributed by atoms with Gasteiger partial charge in [-0.05, 0) is 12.3 Å². The van der Waals surface area contributed by atoms with Crippen molar-refractivity contribution in [1.29, 1.82) is 0 Å². The molecule has 1 aliphatic rings. The zero-order chi connectivity index (χ0) is 9.19. The maximum atomic E-state index is 11.0. The van der Waals surface area contributed by atoms with Crippen LogP contribution in [0.3, 0.4) is 0 Å². The highest BCUT2D eigenvalue weighted by Gasteiger charge is 2.37. The molecule has 0 spiro atoms. The standard InChI is InChI=1S/C9H17NO2/c1-7(2)6-9(12-3)5-4-8(11)10-9/h7H,4-6H2,1-3H3,(H,10,11). The lowest BCUT2D eigenvalue weighted by Crippen LogP contribution is -2.44. The van der Waals surface area contributed by atoms with Gasteiger partial charge < -0.3 is 10.1 Å². The van der Waals surface area contributed by atoms with Crippen molar-refractivity contribution in [2.24, 2.45) is 5.92 Å². The fourth-order valence-electron chi connectivity index (χ4n) is 1.74. The highest BCUT2D eigenvalue weighted by atomic mass is 16.5. The number of methoxy groups -OCH3 is 1. The van der Waals surface area contributed by atoms with Gasteiger partial charge in [-0.15, -0.1) is 0 Å². The van der Waals surface area contributed by atoms with Crippen LogP contribution in [0.1, 0.15) is 33.1 Å². The Bertz CT molecular complexity index is 179. The van der Waals surface area contributed by atoms with E-state index in [2.05, 4.69) is 19.2 Å². The molecule has 1 fully saturated rings. The van der Waals surface area contributed by atoms with E-state index in [-0.39, 0.29) is 11.6 Å². The van der Waals surface area contributed by atoms with Crippen molar-refractivity contribution >= 4 is 5.91 Å². The molecule has 1 unspecified atom stereocenters. The molecule has 12 heavy (non-hydrogen) atoms. The molecular weight excluding hydrogens is 154 g/mol. The molecular formula is C9H17NO2. The van der Waals surface area contributed by atoms with Crippen LogP contribution in [0.15, 0.2) is 0 Å². The Kier molecular flexibility index (Phi) is 2.73. The molecule has 1 heterocycles. The Labute approximate surface area is 73.5 Å². The number of amides is 1. The number of hydrogen-bond donors (Lipinski definition) is 1. The van der Waals surface area contributed by atoms with Gasteiger partial charge in [-0.25, -0.2) is 0 Å². The van der Waals surface area contributed by atoms with Crippen LogP contribution in [0.4, 0.5) is 0 Å². The van der Waals surface area contributed by atoms with Crippen molar-refractivity contribution in [3.05, 3.63) is 0 Å². The van der Waals surface area contributed by atoms with Crippen LogP contribution in [0, 0.1) is 5.92 Å². The van der Waals surface area contributed by atoms with Gasteiger partial charge in [0, 0.05) is 20.0 Å². The van der Waals surface area contributed by atoms with Gasteiger partial charge in [0.1, 0.15) is 5.72 Å². The molecule has 70 valence electrons. The summed E-state index contributed by atoms with van der Waals surface area (Å²) < 4.78 is 5.35. The number of hydrogen-bond acceptors (Lipinski definition) is 2. The zero-order valence-corrected chi connectivity index (χ0v) is 8.02. The number of ether oxygens (including phenoxy) is 1. The predicted octanol–water partition coefficient (Wildman–Crippen LogP) is 1.29. The van der Waals surface area contributed by atoms with Crippen LogP contribution in [-0.2, 0) is 9.53 Å². The first kappa shape index (κ1) is 9.52. The lowest BCUT2D eigenvalue weighted by Gasteiger charge is -2.29. The summed E-state index contributed by atoms with van der Waals surface area (Å²) in [6.07, 6.45) is 2.30. The second kappa shape index (κ2) is 3.44. The molecule has 0 aromatic heterocycles. The van der Waals surface area contributed by atoms with E-state index in [4.69, 9.17) is 4.74 Å². The predicted molar refractivity (Wildman–Crippen MR) is 46.6 cm³/mol. The second-order valence-corrected chi connectivity index (χ2v) is 3.84. The summed E-state index contributed by atoms with van der Waals surface area (Å²) in [6.45, 7) is 4.26. The van der Waals surface area contributed by atoms with Crippen LogP contribution in [0.5, 0.6) is 0 Å². The van der Waals surface area contributed by atoms with Crippen LogP contribution in [-0.4, -0.2) is 18.7 Å². The van der Waals surface area contributed by atoms with Gasteiger partial charge in [-0.3, -0.25) is 4.79 Å². The number of carbonyl (C=O) groups excluding carboxylic acids is 1. The monoisotopic (exact) mass is 171 g/mol. The molecule has 0 aromatic rings. The zero-order valence-electron chi connectivity index (χ0n) is 8.02. The third-order valence-electron chi connectivity index (χ3n) is 2.25. The molecule has 0 saturated carbocycles. The van der Waals surface area contributed by atoms with Gasteiger partial charge >= 0.3 is 0 Å². The summed E-state index contributed by atoms with van der Waals surface area (Å²) >= 11 is 0. The van der Waals surface area contributed by atoms with E-state index in [0.717, 1.165) is 12.8 Å². The summed E-state index contributed by atoms with van der Waals surface area (Å²) in [5.74, 6) is 0.654. The lowest BCUT2D eigenvalue weighted by atomic mass is 9.99. The third kappa shape index (κ3) is 1.97. The normalized spacial score (nSPS) is 29.5. The molecule has 3 nitrogen and oxygen atoms in total. The second-order valence-electron chi connectivity index (χ2n) is 3.84. The molecule has 1 amide bonds. The number of nitrogens with one attached hydrogen (secondary N) is 1. The third-order valence-corrected chi connectivity index (χ3v) is 2.25. The van der Waals surface area contributed by atoms with E-state index in [1.165, 1.54) is 0 Å². The topological polar surface area (TPSA) is 38.3 Å². The summed E-state index contributed by atoms with van der Waals surface area (Å²) in [5.41, 5.74) is -0.370. The molecule has 1 aliphatic heterocycles. The Hall–Kier alpha value is -0.570. The Morgan fingerprint density at radius 2 is 2.33 bits per heavy atom. The maximum Gasteiger partial charge on any atom is 0.222 e. The smallest absolute Gasteiger partial charge is 0.222 e. The molecule has 1 saturated heterocycles. The van der Waals surface area contributed by atoms with Crippen molar-refractivity contribution in [3.8, 4) is 0 Å². The fraction of sp³-hybridized carbons (Fsp3) is 0.889. The summed E-state index contributed by atoms with van der Waals surface area (Å²) in [6, 6.07) is 0. The van der Waals surface area contributed by atoms with E-state index in [1.54, 1.807) is 7.11 Å². The molecule has 0 radical (unpaired) electrons. The lowest BCUT2D eigenvalue weighted by molar-refractivity contribution is -0.123. The van der Waals surface area contributed by atoms with Crippen molar-refractivity contribution in [3.63, 3.8) is 0 Å². The van der Waals surface area contributed by atoms with E-state index >= 15 is 0 Å². The molecule has 1 atom stereocenters. The van der Waals surface area contributed by atoms with Gasteiger partial charge in [0.05, 0.1) is 0 Å². The Balaban J connectivity index is 2.58. The summed E-state index contributed by atoms with van der Waals surface area (Å²) in [5, 5.41) is 2.89. The van der Waals surface area contributed by atoms with Crippen molar-refractivity contribution in [1.82, 2.24) is 5.32 Å². The van der Waals surface area contributed by atoms with E-state index in [0.29, 0.717) is 12.3 Å². The van der Waals surface area contributed by atoms with Crippen LogP contribution in [0.25, 0.3) is 0 Å². The number of rotatable bonds is 3. The van der Waals surface area contributed by atoms with Crippen LogP contribution >= 0.6 is 0 Å². The van der Waals surface area contributed by atoms with Crippen LogP contribution in [0.2, 0.25) is 0 Å². The van der Waals surface area contributed by atoms with Crippen molar-refractivity contribution < 1.29 is 9.53 Å². The fourth-order valence-corrected chi connectivity index (χ4v) is 1.74. The molecule has 0 bridgehead atoms. The van der Waals surface area contributed by atoms with Crippen molar-refractivity contribution in [2.75, 3.05) is 7.11 Å². The minimum Gasteiger partial charge on any atom is -0.359 e. The SMILES string of the molecule is COC1(CC(C)C)CCC(=O)N1. The summed E-state index contributed by atoms with van der Waals surface area (Å²) in [4.78, 5) is 11.0. The molecule has 1 rings (SSSR count). The minimum atomic E-state index is -0.370. The first-order valence-corrected chi connectivity index (χ1v) is 4.44. The van der Waals surface area contributed by atoms with E-state index < -0.39 is 0 Å². The van der Waals surface area contributed by atoms with E-state index in [1.807, 2.05) is 0 Å². The minimum absolute atomic E-state index is 0.109. The first-order chi connectivity index (χ1) is 5.58. The highest BCUT2D eigenvalue weighted by molar-refractivity contribution is 5.79. The first-order valence-electron chi connectivity index (χ1n) is 4.44. The van der Waals surface area contributed by atoms with Gasteiger partial charge in [-0.2, -0.15) is 0 Å². The number of carbonyl (C=O) groups is 1. The average molecular weight is 171 g/mol. The van der Waals surface area contributed by atoms with Gasteiger partial charge in [0.15, 0.2) is 0 Å². The largest absolute Gasteiger partial charge is 0.359 e. The van der Waals surface area contributed by atoms with Gasteiger partial charge in [-0.1, -0.05) is 13.8 Å². The van der Waals surface area contributed by atoms with Crippen molar-refractivity contribution in [2.45, 2.75) is 38.8 Å². The molecule has 0 aliphatic carbocycles. The Morgan fingerprint density at radius 1 is 1.67 bits per heavy atom. The maximum absolute atomic E-state index is 11.0. The molecule has 3 heteroatoms. The van der Waals surface area contributed by atoms with Gasteiger partial charge in [0.2, 0.25) is 5.91 Å². The Morgan fingerprint density at radius 3 is 2.67 bits per heavy atom. The highest BCUT2D eigenvalue weighted by Crippen LogP contribution is 2.27. The summed E-state index contributed by atoms with van der Waals surface area (Å²) in [7, 11) is 1.66. The quantitative estimate of drug-likeness (QED) is 0.694.